The zero-order valence-electron chi connectivity index (χ0n) is 10.7. The van der Waals surface area contributed by atoms with E-state index in [2.05, 4.69) is 22.1 Å². The molecule has 3 rings (SSSR count). The molecule has 0 amide bonds. The number of H-pyrrole nitrogens is 1. The first kappa shape index (κ1) is 11.9. The first-order chi connectivity index (χ1) is 9.43. The molecule has 3 nitrogen and oxygen atoms in total. The van der Waals surface area contributed by atoms with Crippen LogP contribution >= 0.6 is 0 Å². The fourth-order valence-corrected chi connectivity index (χ4v) is 2.19. The van der Waals surface area contributed by atoms with E-state index in [0.717, 1.165) is 18.5 Å². The van der Waals surface area contributed by atoms with Gasteiger partial charge in [-0.05, 0) is 23.6 Å². The summed E-state index contributed by atoms with van der Waals surface area (Å²) >= 11 is 0. The molecule has 96 valence electrons. The van der Waals surface area contributed by atoms with Crippen LogP contribution in [0.25, 0.3) is 10.9 Å². The molecule has 0 bridgehead atoms. The zero-order valence-corrected chi connectivity index (χ0v) is 10.7. The van der Waals surface area contributed by atoms with Crippen molar-refractivity contribution in [3.8, 4) is 0 Å². The summed E-state index contributed by atoms with van der Waals surface area (Å²) < 4.78 is 5.71. The highest BCUT2D eigenvalue weighted by atomic mass is 16.5. The van der Waals surface area contributed by atoms with Gasteiger partial charge in [-0.3, -0.25) is 4.98 Å². The highest BCUT2D eigenvalue weighted by Crippen LogP contribution is 2.17. The lowest BCUT2D eigenvalue weighted by Gasteiger charge is -2.03. The molecule has 0 aliphatic heterocycles. The minimum absolute atomic E-state index is 0.671. The molecule has 0 unspecified atom stereocenters. The molecule has 0 aliphatic rings. The average Bonchev–Trinajstić information content (AvgIpc) is 2.88. The molecular weight excluding hydrogens is 236 g/mol. The molecule has 2 aromatic heterocycles. The fraction of sp³-hybridized carbons (Fsp3) is 0.188. The maximum absolute atomic E-state index is 5.71. The molecule has 0 atom stereocenters. The van der Waals surface area contributed by atoms with Gasteiger partial charge in [-0.15, -0.1) is 0 Å². The minimum Gasteiger partial charge on any atom is -0.376 e. The SMILES string of the molecule is c1ccc(COCCc2c[nH]c3cnccc23)cc1. The molecule has 1 aromatic carbocycles. The molecule has 0 aliphatic carbocycles. The maximum Gasteiger partial charge on any atom is 0.0717 e. The Labute approximate surface area is 112 Å². The third-order valence-electron chi connectivity index (χ3n) is 3.20. The normalized spacial score (nSPS) is 10.9. The molecule has 3 heteroatoms. The highest BCUT2D eigenvalue weighted by molar-refractivity contribution is 5.82. The summed E-state index contributed by atoms with van der Waals surface area (Å²) in [5, 5.41) is 1.23. The van der Waals surface area contributed by atoms with E-state index in [1.54, 1.807) is 0 Å². The van der Waals surface area contributed by atoms with Crippen LogP contribution in [0.5, 0.6) is 0 Å². The van der Waals surface area contributed by atoms with Crippen molar-refractivity contribution >= 4 is 10.9 Å². The number of aromatic amines is 1. The Balaban J connectivity index is 1.55. The maximum atomic E-state index is 5.71. The highest BCUT2D eigenvalue weighted by Gasteiger charge is 2.02. The van der Waals surface area contributed by atoms with Gasteiger partial charge in [0, 0.05) is 17.8 Å². The lowest BCUT2D eigenvalue weighted by molar-refractivity contribution is 0.124. The summed E-state index contributed by atoms with van der Waals surface area (Å²) in [7, 11) is 0. The topological polar surface area (TPSA) is 37.9 Å². The molecule has 1 N–H and O–H groups in total. The van der Waals surface area contributed by atoms with Crippen LogP contribution in [-0.4, -0.2) is 16.6 Å². The van der Waals surface area contributed by atoms with Crippen molar-refractivity contribution in [1.82, 2.24) is 9.97 Å². The number of hydrogen-bond acceptors (Lipinski definition) is 2. The van der Waals surface area contributed by atoms with E-state index in [-0.39, 0.29) is 0 Å². The summed E-state index contributed by atoms with van der Waals surface area (Å²) in [6.45, 7) is 1.40. The van der Waals surface area contributed by atoms with E-state index in [4.69, 9.17) is 4.74 Å². The summed E-state index contributed by atoms with van der Waals surface area (Å²) in [5.74, 6) is 0. The van der Waals surface area contributed by atoms with Crippen molar-refractivity contribution in [3.05, 3.63) is 66.1 Å². The van der Waals surface area contributed by atoms with Crippen LogP contribution in [0.3, 0.4) is 0 Å². The number of nitrogens with zero attached hydrogens (tertiary/aromatic N) is 1. The number of benzene rings is 1. The Morgan fingerprint density at radius 2 is 2.00 bits per heavy atom. The van der Waals surface area contributed by atoms with Gasteiger partial charge in [0.15, 0.2) is 0 Å². The largest absolute Gasteiger partial charge is 0.376 e. The van der Waals surface area contributed by atoms with Gasteiger partial charge in [0.2, 0.25) is 0 Å². The van der Waals surface area contributed by atoms with E-state index < -0.39 is 0 Å². The fourth-order valence-electron chi connectivity index (χ4n) is 2.19. The first-order valence-electron chi connectivity index (χ1n) is 6.45. The third-order valence-corrected chi connectivity index (χ3v) is 3.20. The number of nitrogens with one attached hydrogen (secondary N) is 1. The summed E-state index contributed by atoms with van der Waals surface area (Å²) in [6.07, 6.45) is 6.63. The number of aromatic nitrogens is 2. The average molecular weight is 252 g/mol. The van der Waals surface area contributed by atoms with Gasteiger partial charge in [0.1, 0.15) is 0 Å². The van der Waals surface area contributed by atoms with Crippen molar-refractivity contribution < 1.29 is 4.74 Å². The van der Waals surface area contributed by atoms with Crippen molar-refractivity contribution in [2.45, 2.75) is 13.0 Å². The standard InChI is InChI=1S/C16H16N2O/c1-2-4-13(5-3-1)12-19-9-7-14-10-18-16-11-17-8-6-15(14)16/h1-6,8,10-11,18H,7,9,12H2. The lowest BCUT2D eigenvalue weighted by atomic mass is 10.1. The summed E-state index contributed by atoms with van der Waals surface area (Å²) in [6, 6.07) is 12.3. The van der Waals surface area contributed by atoms with Gasteiger partial charge < -0.3 is 9.72 Å². The van der Waals surface area contributed by atoms with Gasteiger partial charge in [-0.25, -0.2) is 0 Å². The number of fused-ring (bicyclic) bond motifs is 1. The van der Waals surface area contributed by atoms with Crippen LogP contribution in [0.1, 0.15) is 11.1 Å². The Bertz CT molecular complexity index is 646. The third kappa shape index (κ3) is 2.83. The molecule has 0 radical (unpaired) electrons. The van der Waals surface area contributed by atoms with Gasteiger partial charge >= 0.3 is 0 Å². The number of rotatable bonds is 5. The van der Waals surface area contributed by atoms with Crippen LogP contribution in [0.2, 0.25) is 0 Å². The van der Waals surface area contributed by atoms with Gasteiger partial charge in [0.25, 0.3) is 0 Å². The van der Waals surface area contributed by atoms with E-state index >= 15 is 0 Å². The van der Waals surface area contributed by atoms with Crippen molar-refractivity contribution in [2.75, 3.05) is 6.61 Å². The van der Waals surface area contributed by atoms with E-state index in [1.165, 1.54) is 16.5 Å². The molecule has 0 saturated heterocycles. The van der Waals surface area contributed by atoms with Crippen molar-refractivity contribution in [2.24, 2.45) is 0 Å². The minimum atomic E-state index is 0.671. The Hall–Kier alpha value is -2.13. The quantitative estimate of drug-likeness (QED) is 0.707. The second-order valence-electron chi connectivity index (χ2n) is 4.52. The lowest BCUT2D eigenvalue weighted by Crippen LogP contribution is -1.98. The van der Waals surface area contributed by atoms with E-state index in [0.29, 0.717) is 6.61 Å². The first-order valence-corrected chi connectivity index (χ1v) is 6.45. The van der Waals surface area contributed by atoms with Crippen LogP contribution in [0.15, 0.2) is 55.0 Å². The predicted octanol–water partition coefficient (Wildman–Crippen LogP) is 3.32. The second-order valence-corrected chi connectivity index (χ2v) is 4.52. The zero-order chi connectivity index (χ0) is 12.9. The molecule has 2 heterocycles. The Kier molecular flexibility index (Phi) is 3.56. The van der Waals surface area contributed by atoms with Crippen molar-refractivity contribution in [3.63, 3.8) is 0 Å². The van der Waals surface area contributed by atoms with Crippen molar-refractivity contribution in [1.29, 1.82) is 0 Å². The van der Waals surface area contributed by atoms with Crippen LogP contribution < -0.4 is 0 Å². The van der Waals surface area contributed by atoms with Crippen LogP contribution in [0, 0.1) is 0 Å². The van der Waals surface area contributed by atoms with E-state index in [9.17, 15) is 0 Å². The van der Waals surface area contributed by atoms with Crippen LogP contribution in [0.4, 0.5) is 0 Å². The number of pyridine rings is 1. The summed E-state index contributed by atoms with van der Waals surface area (Å²) in [4.78, 5) is 7.33. The molecule has 0 spiro atoms. The second kappa shape index (κ2) is 5.67. The molecular formula is C16H16N2O. The molecule has 19 heavy (non-hydrogen) atoms. The summed E-state index contributed by atoms with van der Waals surface area (Å²) in [5.41, 5.74) is 3.58. The Morgan fingerprint density at radius 3 is 2.89 bits per heavy atom. The smallest absolute Gasteiger partial charge is 0.0717 e. The van der Waals surface area contributed by atoms with Gasteiger partial charge in [-0.1, -0.05) is 30.3 Å². The number of ether oxygens (including phenoxy) is 1. The van der Waals surface area contributed by atoms with Gasteiger partial charge in [0.05, 0.1) is 24.9 Å². The number of hydrogen-bond donors (Lipinski definition) is 1. The molecule has 0 saturated carbocycles. The van der Waals surface area contributed by atoms with Crippen LogP contribution in [-0.2, 0) is 17.8 Å². The predicted molar refractivity (Wildman–Crippen MR) is 75.9 cm³/mol. The Morgan fingerprint density at radius 1 is 1.11 bits per heavy atom. The molecule has 3 aromatic rings. The monoisotopic (exact) mass is 252 g/mol. The molecule has 0 fully saturated rings. The van der Waals surface area contributed by atoms with Gasteiger partial charge in [-0.2, -0.15) is 0 Å². The van der Waals surface area contributed by atoms with E-state index in [1.807, 2.05) is 42.9 Å².